The molecule has 1 heterocycles. The van der Waals surface area contributed by atoms with Gasteiger partial charge in [-0.25, -0.2) is 0 Å². The Kier molecular flexibility index (Phi) is 7.87. The molecule has 0 radical (unpaired) electrons. The predicted octanol–water partition coefficient (Wildman–Crippen LogP) is 3.92. The highest BCUT2D eigenvalue weighted by Crippen LogP contribution is 2.17. The number of hydrogen-bond acceptors (Lipinski definition) is 4. The number of rotatable bonds is 10. The number of aromatic amines is 1. The van der Waals surface area contributed by atoms with Gasteiger partial charge in [0, 0.05) is 17.4 Å². The summed E-state index contributed by atoms with van der Waals surface area (Å²) >= 11 is 0. The van der Waals surface area contributed by atoms with Crippen molar-refractivity contribution in [1.29, 1.82) is 5.26 Å². The Labute approximate surface area is 159 Å². The van der Waals surface area contributed by atoms with Gasteiger partial charge in [-0.15, -0.1) is 0 Å². The van der Waals surface area contributed by atoms with Crippen molar-refractivity contribution >= 4 is 22.8 Å². The van der Waals surface area contributed by atoms with E-state index in [1.807, 2.05) is 13.8 Å². The van der Waals surface area contributed by atoms with Gasteiger partial charge in [0.25, 0.3) is 5.91 Å². The van der Waals surface area contributed by atoms with E-state index in [0.29, 0.717) is 24.4 Å². The van der Waals surface area contributed by atoms with E-state index in [2.05, 4.69) is 16.4 Å². The summed E-state index contributed by atoms with van der Waals surface area (Å²) in [6.07, 6.45) is 4.38. The Morgan fingerprint density at radius 3 is 2.74 bits per heavy atom. The molecule has 0 aliphatic carbocycles. The van der Waals surface area contributed by atoms with Gasteiger partial charge < -0.3 is 15.0 Å². The molecule has 0 saturated heterocycles. The SMILES string of the molecule is CCOC(=O)C(CC)CCCCCNC(=O)c1cc2cc(C#N)ccc2[nH]1. The number of unbranched alkanes of at least 4 members (excludes halogenated alkanes) is 2. The Hall–Kier alpha value is -2.81. The van der Waals surface area contributed by atoms with Crippen LogP contribution in [0.5, 0.6) is 0 Å². The lowest BCUT2D eigenvalue weighted by molar-refractivity contribution is -0.148. The molecule has 2 N–H and O–H groups in total. The second kappa shape index (κ2) is 10.4. The minimum atomic E-state index is -0.150. The van der Waals surface area contributed by atoms with Gasteiger partial charge in [0.1, 0.15) is 5.69 Å². The van der Waals surface area contributed by atoms with Gasteiger partial charge in [-0.05, 0) is 50.5 Å². The molecule has 144 valence electrons. The number of esters is 1. The van der Waals surface area contributed by atoms with E-state index in [1.165, 1.54) is 0 Å². The molecule has 1 aromatic carbocycles. The van der Waals surface area contributed by atoms with Crippen LogP contribution in [0.25, 0.3) is 10.9 Å². The summed E-state index contributed by atoms with van der Waals surface area (Å²) in [7, 11) is 0. The number of aromatic nitrogens is 1. The first kappa shape index (κ1) is 20.5. The number of carbonyl (C=O) groups excluding carboxylic acids is 2. The molecule has 1 aromatic heterocycles. The second-order valence-electron chi connectivity index (χ2n) is 6.56. The average Bonchev–Trinajstić information content (AvgIpc) is 3.10. The maximum Gasteiger partial charge on any atom is 0.308 e. The van der Waals surface area contributed by atoms with Crippen molar-refractivity contribution in [3.63, 3.8) is 0 Å². The highest BCUT2D eigenvalue weighted by Gasteiger charge is 2.16. The number of benzene rings is 1. The van der Waals surface area contributed by atoms with E-state index in [9.17, 15) is 9.59 Å². The minimum absolute atomic E-state index is 0.0239. The number of nitrogens with one attached hydrogen (secondary N) is 2. The Bertz CT molecular complexity index is 820. The van der Waals surface area contributed by atoms with Crippen molar-refractivity contribution in [2.75, 3.05) is 13.2 Å². The largest absolute Gasteiger partial charge is 0.466 e. The summed E-state index contributed by atoms with van der Waals surface area (Å²) in [4.78, 5) is 27.1. The van der Waals surface area contributed by atoms with E-state index in [0.717, 1.165) is 43.0 Å². The number of nitriles is 1. The standard InChI is InChI=1S/C21H27N3O3/c1-3-16(21(26)27-4-2)8-6-5-7-11-23-20(25)19-13-17-12-15(14-22)9-10-18(17)24-19/h9-10,12-13,16,24H,3-8,11H2,1-2H3,(H,23,25). The zero-order valence-electron chi connectivity index (χ0n) is 16.0. The van der Waals surface area contributed by atoms with Crippen LogP contribution in [0.15, 0.2) is 24.3 Å². The van der Waals surface area contributed by atoms with E-state index in [4.69, 9.17) is 10.00 Å². The van der Waals surface area contributed by atoms with Crippen LogP contribution in [0.4, 0.5) is 0 Å². The zero-order valence-corrected chi connectivity index (χ0v) is 16.0. The van der Waals surface area contributed by atoms with Crippen LogP contribution >= 0.6 is 0 Å². The fourth-order valence-electron chi connectivity index (χ4n) is 3.06. The fourth-order valence-corrected chi connectivity index (χ4v) is 3.06. The van der Waals surface area contributed by atoms with Gasteiger partial charge in [0.05, 0.1) is 24.2 Å². The first-order valence-electron chi connectivity index (χ1n) is 9.56. The molecule has 1 amide bonds. The Morgan fingerprint density at radius 2 is 2.04 bits per heavy atom. The van der Waals surface area contributed by atoms with Crippen LogP contribution in [0, 0.1) is 17.2 Å². The third-order valence-corrected chi connectivity index (χ3v) is 4.62. The monoisotopic (exact) mass is 369 g/mol. The number of H-pyrrole nitrogens is 1. The van der Waals surface area contributed by atoms with Crippen LogP contribution in [0.1, 0.15) is 62.0 Å². The molecule has 1 unspecified atom stereocenters. The summed E-state index contributed by atoms with van der Waals surface area (Å²) in [5, 5.41) is 12.7. The molecule has 2 rings (SSSR count). The van der Waals surface area contributed by atoms with Gasteiger partial charge in [0.2, 0.25) is 0 Å². The van der Waals surface area contributed by atoms with E-state index >= 15 is 0 Å². The number of hydrogen-bond donors (Lipinski definition) is 2. The van der Waals surface area contributed by atoms with Crippen LogP contribution in [-0.4, -0.2) is 30.0 Å². The van der Waals surface area contributed by atoms with Crippen LogP contribution in [0.3, 0.4) is 0 Å². The minimum Gasteiger partial charge on any atom is -0.466 e. The van der Waals surface area contributed by atoms with Crippen LogP contribution in [-0.2, 0) is 9.53 Å². The van der Waals surface area contributed by atoms with Gasteiger partial charge in [-0.2, -0.15) is 5.26 Å². The molecular formula is C21H27N3O3. The molecule has 0 saturated carbocycles. The molecule has 27 heavy (non-hydrogen) atoms. The lowest BCUT2D eigenvalue weighted by Crippen LogP contribution is -2.24. The molecule has 2 aromatic rings. The maximum absolute atomic E-state index is 12.2. The zero-order chi connectivity index (χ0) is 19.6. The number of fused-ring (bicyclic) bond motifs is 1. The molecule has 0 fully saturated rings. The summed E-state index contributed by atoms with van der Waals surface area (Å²) in [6.45, 7) is 4.84. The van der Waals surface area contributed by atoms with Crippen molar-refractivity contribution < 1.29 is 14.3 Å². The van der Waals surface area contributed by atoms with E-state index in [1.54, 1.807) is 24.3 Å². The molecule has 0 aliphatic rings. The fraction of sp³-hybridized carbons (Fsp3) is 0.476. The summed E-state index contributed by atoms with van der Waals surface area (Å²) in [6, 6.07) is 9.14. The first-order valence-corrected chi connectivity index (χ1v) is 9.56. The maximum atomic E-state index is 12.2. The predicted molar refractivity (Wildman–Crippen MR) is 104 cm³/mol. The molecule has 0 aliphatic heterocycles. The lowest BCUT2D eigenvalue weighted by atomic mass is 9.99. The van der Waals surface area contributed by atoms with Crippen molar-refractivity contribution in [3.05, 3.63) is 35.5 Å². The lowest BCUT2D eigenvalue weighted by Gasteiger charge is -2.13. The highest BCUT2D eigenvalue weighted by molar-refractivity contribution is 5.98. The van der Waals surface area contributed by atoms with Gasteiger partial charge in [-0.3, -0.25) is 9.59 Å². The third kappa shape index (κ3) is 5.85. The van der Waals surface area contributed by atoms with Crippen LogP contribution in [0.2, 0.25) is 0 Å². The molecule has 1 atom stereocenters. The smallest absolute Gasteiger partial charge is 0.308 e. The van der Waals surface area contributed by atoms with Gasteiger partial charge in [0.15, 0.2) is 0 Å². The summed E-state index contributed by atoms with van der Waals surface area (Å²) in [5.74, 6) is -0.279. The molecular weight excluding hydrogens is 342 g/mol. The Morgan fingerprint density at radius 1 is 1.22 bits per heavy atom. The molecule has 6 nitrogen and oxygen atoms in total. The number of amides is 1. The van der Waals surface area contributed by atoms with Crippen molar-refractivity contribution in [2.45, 2.75) is 46.0 Å². The number of nitrogens with zero attached hydrogens (tertiary/aromatic N) is 1. The topological polar surface area (TPSA) is 95.0 Å². The summed E-state index contributed by atoms with van der Waals surface area (Å²) in [5.41, 5.74) is 1.90. The van der Waals surface area contributed by atoms with Gasteiger partial charge in [-0.1, -0.05) is 19.8 Å². The average molecular weight is 369 g/mol. The number of ether oxygens (including phenoxy) is 1. The Balaban J connectivity index is 1.72. The van der Waals surface area contributed by atoms with Crippen molar-refractivity contribution in [1.82, 2.24) is 10.3 Å². The van der Waals surface area contributed by atoms with Gasteiger partial charge >= 0.3 is 5.97 Å². The second-order valence-corrected chi connectivity index (χ2v) is 6.56. The molecule has 0 spiro atoms. The third-order valence-electron chi connectivity index (χ3n) is 4.62. The highest BCUT2D eigenvalue weighted by atomic mass is 16.5. The van der Waals surface area contributed by atoms with Crippen molar-refractivity contribution in [3.8, 4) is 6.07 Å². The van der Waals surface area contributed by atoms with E-state index in [-0.39, 0.29) is 17.8 Å². The first-order chi connectivity index (χ1) is 13.1. The van der Waals surface area contributed by atoms with E-state index < -0.39 is 0 Å². The van der Waals surface area contributed by atoms with Crippen LogP contribution < -0.4 is 5.32 Å². The normalized spacial score (nSPS) is 11.7. The quantitative estimate of drug-likeness (QED) is 0.490. The molecule has 6 heteroatoms. The summed E-state index contributed by atoms with van der Waals surface area (Å²) < 4.78 is 5.08. The van der Waals surface area contributed by atoms with Crippen molar-refractivity contribution in [2.24, 2.45) is 5.92 Å². The number of carbonyl (C=O) groups is 2. The molecule has 0 bridgehead atoms.